The molecule has 0 aromatic heterocycles. The Labute approximate surface area is 148 Å². The molecule has 0 radical (unpaired) electrons. The Balaban J connectivity index is 2.03. The third kappa shape index (κ3) is 2.63. The molecular formula is C17H27N6O2+. The van der Waals surface area contributed by atoms with Crippen LogP contribution < -0.4 is 0 Å². The van der Waals surface area contributed by atoms with Crippen molar-refractivity contribution in [2.75, 3.05) is 20.1 Å². The van der Waals surface area contributed by atoms with Gasteiger partial charge in [-0.25, -0.2) is 9.37 Å². The van der Waals surface area contributed by atoms with Gasteiger partial charge in [-0.1, -0.05) is 18.8 Å². The van der Waals surface area contributed by atoms with Crippen molar-refractivity contribution in [3.05, 3.63) is 0 Å². The lowest BCUT2D eigenvalue weighted by Crippen LogP contribution is -2.64. The highest BCUT2D eigenvalue weighted by Gasteiger charge is 2.55. The van der Waals surface area contributed by atoms with Crippen LogP contribution >= 0.6 is 0 Å². The maximum absolute atomic E-state index is 13.0. The summed E-state index contributed by atoms with van der Waals surface area (Å²) in [5.41, 5.74) is 0.944. The quantitative estimate of drug-likeness (QED) is 0.717. The van der Waals surface area contributed by atoms with Gasteiger partial charge in [0, 0.05) is 13.6 Å². The number of amides is 3. The van der Waals surface area contributed by atoms with E-state index in [-0.39, 0.29) is 18.0 Å². The Morgan fingerprint density at radius 2 is 1.96 bits per heavy atom. The summed E-state index contributed by atoms with van der Waals surface area (Å²) in [6.07, 6.45) is 0.974. The van der Waals surface area contributed by atoms with Crippen LogP contribution in [0.2, 0.25) is 0 Å². The SMILES string of the molecule is CCN1C(=O)C2C(=NC3=[N+]2C(C)C(C)=NN3CCC(C)C)N(C)C1=O. The summed E-state index contributed by atoms with van der Waals surface area (Å²) in [5, 5.41) is 6.56. The number of likely N-dealkylation sites (N-methyl/N-ethyl adjacent to an activating group) is 2. The Morgan fingerprint density at radius 3 is 2.56 bits per heavy atom. The van der Waals surface area contributed by atoms with Crippen LogP contribution in [0, 0.1) is 5.92 Å². The summed E-state index contributed by atoms with van der Waals surface area (Å²) < 4.78 is 2.01. The molecule has 2 atom stereocenters. The Hall–Kier alpha value is -2.25. The number of rotatable bonds is 4. The molecule has 1 fully saturated rings. The summed E-state index contributed by atoms with van der Waals surface area (Å²) in [6, 6.07) is -0.914. The molecule has 0 N–H and O–H groups in total. The van der Waals surface area contributed by atoms with Crippen molar-refractivity contribution in [1.82, 2.24) is 14.8 Å². The molecule has 3 heterocycles. The van der Waals surface area contributed by atoms with Crippen molar-refractivity contribution < 1.29 is 14.2 Å². The molecule has 3 amide bonds. The van der Waals surface area contributed by atoms with Crippen molar-refractivity contribution in [3.8, 4) is 0 Å². The number of imide groups is 1. The molecule has 2 unspecified atom stereocenters. The van der Waals surface area contributed by atoms with E-state index in [0.717, 1.165) is 18.7 Å². The number of hydrogen-bond acceptors (Lipinski definition) is 5. The van der Waals surface area contributed by atoms with E-state index in [0.29, 0.717) is 24.3 Å². The first-order valence-corrected chi connectivity index (χ1v) is 8.93. The highest BCUT2D eigenvalue weighted by Crippen LogP contribution is 2.25. The topological polar surface area (TPSA) is 71.6 Å². The lowest BCUT2D eigenvalue weighted by molar-refractivity contribution is -0.559. The first-order valence-electron chi connectivity index (χ1n) is 8.93. The Morgan fingerprint density at radius 1 is 1.28 bits per heavy atom. The van der Waals surface area contributed by atoms with E-state index in [1.54, 1.807) is 7.05 Å². The maximum atomic E-state index is 13.0. The van der Waals surface area contributed by atoms with Crippen LogP contribution in [0.15, 0.2) is 10.1 Å². The molecule has 25 heavy (non-hydrogen) atoms. The van der Waals surface area contributed by atoms with Crippen LogP contribution in [0.5, 0.6) is 0 Å². The van der Waals surface area contributed by atoms with E-state index in [1.807, 2.05) is 30.4 Å². The summed E-state index contributed by atoms with van der Waals surface area (Å²) in [7, 11) is 1.68. The van der Waals surface area contributed by atoms with E-state index in [1.165, 1.54) is 9.80 Å². The van der Waals surface area contributed by atoms with E-state index < -0.39 is 6.04 Å². The molecule has 3 rings (SSSR count). The molecule has 1 saturated heterocycles. The summed E-state index contributed by atoms with van der Waals surface area (Å²) >= 11 is 0. The largest absolute Gasteiger partial charge is 0.416 e. The van der Waals surface area contributed by atoms with Crippen LogP contribution in [0.4, 0.5) is 4.79 Å². The van der Waals surface area contributed by atoms with Crippen LogP contribution in [-0.4, -0.2) is 81.1 Å². The van der Waals surface area contributed by atoms with Gasteiger partial charge in [0.2, 0.25) is 11.9 Å². The van der Waals surface area contributed by atoms with Crippen LogP contribution in [0.25, 0.3) is 0 Å². The van der Waals surface area contributed by atoms with Gasteiger partial charge in [0.25, 0.3) is 5.91 Å². The van der Waals surface area contributed by atoms with Gasteiger partial charge in [-0.2, -0.15) is 0 Å². The number of hydrazone groups is 1. The molecule has 3 aliphatic rings. The van der Waals surface area contributed by atoms with Crippen molar-refractivity contribution in [2.45, 2.75) is 53.1 Å². The monoisotopic (exact) mass is 347 g/mol. The van der Waals surface area contributed by atoms with E-state index in [9.17, 15) is 9.59 Å². The second-order valence-corrected chi connectivity index (χ2v) is 7.23. The number of guanidine groups is 1. The minimum atomic E-state index is -0.556. The zero-order valence-corrected chi connectivity index (χ0v) is 15.9. The number of carbonyl (C=O) groups excluding carboxylic acids is 2. The summed E-state index contributed by atoms with van der Waals surface area (Å²) in [5.74, 6) is 1.51. The molecule has 0 aromatic carbocycles. The summed E-state index contributed by atoms with van der Waals surface area (Å²) in [4.78, 5) is 32.8. The Bertz CT molecular complexity index is 708. The van der Waals surface area contributed by atoms with Gasteiger partial charge in [-0.3, -0.25) is 14.6 Å². The molecule has 0 aromatic rings. The minimum absolute atomic E-state index is 0.0409. The number of hydrogen-bond donors (Lipinski definition) is 0. The molecular weight excluding hydrogens is 320 g/mol. The number of nitrogens with zero attached hydrogens (tertiary/aromatic N) is 6. The average Bonchev–Trinajstić information content (AvgIpc) is 2.96. The first kappa shape index (κ1) is 17.6. The third-order valence-electron chi connectivity index (χ3n) is 5.10. The molecule has 136 valence electrons. The fraction of sp³-hybridized carbons (Fsp3) is 0.706. The number of carbonyl (C=O) groups is 2. The van der Waals surface area contributed by atoms with Gasteiger partial charge in [0.05, 0.1) is 12.3 Å². The van der Waals surface area contributed by atoms with E-state index >= 15 is 0 Å². The highest BCUT2D eigenvalue weighted by molar-refractivity contribution is 6.23. The van der Waals surface area contributed by atoms with Crippen molar-refractivity contribution >= 4 is 29.4 Å². The second kappa shape index (κ2) is 6.24. The van der Waals surface area contributed by atoms with Crippen molar-refractivity contribution in [3.63, 3.8) is 0 Å². The lowest BCUT2D eigenvalue weighted by atomic mass is 10.1. The average molecular weight is 347 g/mol. The van der Waals surface area contributed by atoms with Crippen molar-refractivity contribution in [2.24, 2.45) is 16.0 Å². The van der Waals surface area contributed by atoms with Gasteiger partial charge in [-0.15, -0.1) is 10.1 Å². The number of aliphatic imine (C=N–C) groups is 1. The van der Waals surface area contributed by atoms with Gasteiger partial charge < -0.3 is 0 Å². The molecule has 0 bridgehead atoms. The standard InChI is InChI=1S/C17H27N6O2/c1-7-21-15(24)13-14(20(6)17(21)25)18-16-22(9-8-10(2)3)19-11(4)12(5)23(13)16/h10,12-13H,7-9H2,1-6H3/q+1. The molecule has 3 aliphatic heterocycles. The summed E-state index contributed by atoms with van der Waals surface area (Å²) in [6.45, 7) is 11.2. The lowest BCUT2D eigenvalue weighted by Gasteiger charge is -2.35. The van der Waals surface area contributed by atoms with Gasteiger partial charge in [0.1, 0.15) is 6.04 Å². The third-order valence-corrected chi connectivity index (χ3v) is 5.10. The van der Waals surface area contributed by atoms with Crippen LogP contribution in [0.1, 0.15) is 41.0 Å². The minimum Gasteiger partial charge on any atom is -0.270 e. The Kier molecular flexibility index (Phi) is 4.38. The second-order valence-electron chi connectivity index (χ2n) is 7.23. The predicted molar refractivity (Wildman–Crippen MR) is 95.8 cm³/mol. The van der Waals surface area contributed by atoms with Crippen LogP contribution in [-0.2, 0) is 4.79 Å². The fourth-order valence-electron chi connectivity index (χ4n) is 3.40. The molecule has 8 nitrogen and oxygen atoms in total. The fourth-order valence-corrected chi connectivity index (χ4v) is 3.40. The number of amidine groups is 1. The van der Waals surface area contributed by atoms with Gasteiger partial charge in [0.15, 0.2) is 0 Å². The maximum Gasteiger partial charge on any atom is 0.416 e. The molecule has 0 spiro atoms. The van der Waals surface area contributed by atoms with Gasteiger partial charge in [-0.05, 0) is 33.1 Å². The normalized spacial score (nSPS) is 26.3. The highest BCUT2D eigenvalue weighted by atomic mass is 16.2. The van der Waals surface area contributed by atoms with Crippen molar-refractivity contribution in [1.29, 1.82) is 0 Å². The van der Waals surface area contributed by atoms with E-state index in [4.69, 9.17) is 0 Å². The zero-order chi connectivity index (χ0) is 18.5. The van der Waals surface area contributed by atoms with E-state index in [2.05, 4.69) is 23.9 Å². The van der Waals surface area contributed by atoms with Gasteiger partial charge >= 0.3 is 12.0 Å². The first-order chi connectivity index (χ1) is 11.8. The van der Waals surface area contributed by atoms with Crippen LogP contribution in [0.3, 0.4) is 0 Å². The zero-order valence-electron chi connectivity index (χ0n) is 15.9. The predicted octanol–water partition coefficient (Wildman–Crippen LogP) is 1.18. The molecule has 0 saturated carbocycles. The number of fused-ring (bicyclic) bond motifs is 2. The molecule has 0 aliphatic carbocycles. The number of urea groups is 1. The molecule has 8 heteroatoms. The smallest absolute Gasteiger partial charge is 0.270 e.